The maximum Gasteiger partial charge on any atom is 0.316 e. The maximum absolute atomic E-state index is 13.7. The Hall–Kier alpha value is -3.28. The number of para-hydroxylation sites is 3. The highest BCUT2D eigenvalue weighted by Crippen LogP contribution is 2.45. The number of benzene rings is 2. The normalized spacial score (nSPS) is 22.6. The van der Waals surface area contributed by atoms with Crippen LogP contribution in [0.4, 0.5) is 11.4 Å². The fourth-order valence-electron chi connectivity index (χ4n) is 4.45. The van der Waals surface area contributed by atoms with Gasteiger partial charge in [-0.2, -0.15) is 0 Å². The first-order valence-electron chi connectivity index (χ1n) is 10.6. The smallest absolute Gasteiger partial charge is 0.316 e. The monoisotopic (exact) mass is 420 g/mol. The highest BCUT2D eigenvalue weighted by molar-refractivity contribution is 6.11. The number of ether oxygens (including phenoxy) is 2. The van der Waals surface area contributed by atoms with Crippen molar-refractivity contribution in [2.75, 3.05) is 17.7 Å². The zero-order chi connectivity index (χ0) is 22.1. The third-order valence-corrected chi connectivity index (χ3v) is 5.82. The molecule has 1 heterocycles. The van der Waals surface area contributed by atoms with E-state index in [0.717, 1.165) is 22.6 Å². The summed E-state index contributed by atoms with van der Waals surface area (Å²) < 4.78 is 11.0. The molecule has 0 radical (unpaired) electrons. The number of ketones is 1. The van der Waals surface area contributed by atoms with Crippen LogP contribution in [0, 0.1) is 11.8 Å². The van der Waals surface area contributed by atoms with Crippen LogP contribution in [0.1, 0.15) is 38.8 Å². The summed E-state index contributed by atoms with van der Waals surface area (Å²) in [6.45, 7) is 5.86. The molecule has 0 saturated carbocycles. The molecule has 3 atom stereocenters. The molecule has 0 aromatic heterocycles. The van der Waals surface area contributed by atoms with Crippen molar-refractivity contribution in [3.05, 3.63) is 65.4 Å². The first-order valence-corrected chi connectivity index (χ1v) is 10.6. The molecule has 1 aliphatic heterocycles. The van der Waals surface area contributed by atoms with Crippen LogP contribution in [0.5, 0.6) is 5.75 Å². The van der Waals surface area contributed by atoms with E-state index in [9.17, 15) is 9.59 Å². The first-order chi connectivity index (χ1) is 14.9. The molecule has 4 rings (SSSR count). The highest BCUT2D eigenvalue weighted by Gasteiger charge is 2.44. The molecule has 2 aliphatic rings. The van der Waals surface area contributed by atoms with Crippen molar-refractivity contribution in [2.45, 2.75) is 39.3 Å². The Labute approximate surface area is 182 Å². The molecule has 6 heteroatoms. The molecule has 2 N–H and O–H groups in total. The minimum absolute atomic E-state index is 0.0179. The molecule has 0 fully saturated rings. The van der Waals surface area contributed by atoms with Crippen LogP contribution in [0.25, 0.3) is 0 Å². The van der Waals surface area contributed by atoms with Gasteiger partial charge >= 0.3 is 5.97 Å². The Morgan fingerprint density at radius 3 is 2.45 bits per heavy atom. The van der Waals surface area contributed by atoms with E-state index in [4.69, 9.17) is 9.47 Å². The van der Waals surface area contributed by atoms with E-state index in [0.29, 0.717) is 17.7 Å². The minimum atomic E-state index is -0.825. The molecule has 1 aliphatic carbocycles. The van der Waals surface area contributed by atoms with E-state index in [1.807, 2.05) is 69.3 Å². The van der Waals surface area contributed by atoms with Crippen molar-refractivity contribution in [2.24, 2.45) is 11.8 Å². The number of hydrogen-bond donors (Lipinski definition) is 2. The molecular formula is C25H28N2O4. The van der Waals surface area contributed by atoms with Gasteiger partial charge in [0.1, 0.15) is 11.7 Å². The lowest BCUT2D eigenvalue weighted by Gasteiger charge is -2.33. The Kier molecular flexibility index (Phi) is 5.72. The second-order valence-electron chi connectivity index (χ2n) is 8.39. The van der Waals surface area contributed by atoms with E-state index in [1.165, 1.54) is 7.11 Å². The molecular weight excluding hydrogens is 392 g/mol. The van der Waals surface area contributed by atoms with E-state index >= 15 is 0 Å². The Balaban J connectivity index is 1.89. The number of nitrogens with one attached hydrogen (secondary N) is 2. The van der Waals surface area contributed by atoms with Crippen molar-refractivity contribution < 1.29 is 19.1 Å². The lowest BCUT2D eigenvalue weighted by molar-refractivity contribution is -0.151. The van der Waals surface area contributed by atoms with Gasteiger partial charge in [-0.15, -0.1) is 0 Å². The van der Waals surface area contributed by atoms with Crippen molar-refractivity contribution in [3.63, 3.8) is 0 Å². The van der Waals surface area contributed by atoms with Gasteiger partial charge in [0, 0.05) is 16.8 Å². The van der Waals surface area contributed by atoms with Crippen molar-refractivity contribution in [1.29, 1.82) is 0 Å². The maximum atomic E-state index is 13.7. The Morgan fingerprint density at radius 1 is 1.06 bits per heavy atom. The summed E-state index contributed by atoms with van der Waals surface area (Å²) in [5.74, 6) is -0.982. The highest BCUT2D eigenvalue weighted by atomic mass is 16.5. The number of carbonyl (C=O) groups excluding carboxylic acids is 2. The summed E-state index contributed by atoms with van der Waals surface area (Å²) in [7, 11) is 1.33. The minimum Gasteiger partial charge on any atom is -0.491 e. The quantitative estimate of drug-likeness (QED) is 0.551. The van der Waals surface area contributed by atoms with Gasteiger partial charge in [-0.1, -0.05) is 37.3 Å². The van der Waals surface area contributed by atoms with Crippen molar-refractivity contribution >= 4 is 23.1 Å². The van der Waals surface area contributed by atoms with Gasteiger partial charge < -0.3 is 20.1 Å². The lowest BCUT2D eigenvalue weighted by Crippen LogP contribution is -2.39. The number of fused-ring (bicyclic) bond motifs is 1. The predicted molar refractivity (Wildman–Crippen MR) is 120 cm³/mol. The van der Waals surface area contributed by atoms with Gasteiger partial charge in [-0.25, -0.2) is 0 Å². The molecule has 0 amide bonds. The lowest BCUT2D eigenvalue weighted by atomic mass is 9.74. The largest absolute Gasteiger partial charge is 0.491 e. The van der Waals surface area contributed by atoms with E-state index < -0.39 is 17.9 Å². The fourth-order valence-corrected chi connectivity index (χ4v) is 4.45. The van der Waals surface area contributed by atoms with E-state index in [1.54, 1.807) is 0 Å². The standard InChI is InChI=1S/C25H28N2O4/c1-14(2)31-20-12-8-5-9-16(20)23-22-19(26-17-10-6-7-11-18(17)27-23)13-15(3)21(24(22)28)25(29)30-4/h5-12,14-15,21,23,26-27H,13H2,1-4H3/t15-,21+,23+/m0/s1. The van der Waals surface area contributed by atoms with Crippen LogP contribution in [0.15, 0.2) is 59.8 Å². The molecule has 0 spiro atoms. The van der Waals surface area contributed by atoms with Gasteiger partial charge in [0.05, 0.1) is 30.6 Å². The second-order valence-corrected chi connectivity index (χ2v) is 8.39. The van der Waals surface area contributed by atoms with Gasteiger partial charge in [-0.05, 0) is 44.4 Å². The summed E-state index contributed by atoms with van der Waals surface area (Å²) in [6, 6.07) is 15.1. The van der Waals surface area contributed by atoms with E-state index in [2.05, 4.69) is 10.6 Å². The zero-order valence-electron chi connectivity index (χ0n) is 18.3. The Morgan fingerprint density at radius 2 is 1.74 bits per heavy atom. The molecule has 2 aromatic carbocycles. The van der Waals surface area contributed by atoms with Crippen LogP contribution in [0.3, 0.4) is 0 Å². The molecule has 0 unspecified atom stereocenters. The number of anilines is 2. The molecule has 31 heavy (non-hydrogen) atoms. The number of rotatable bonds is 4. The number of hydrogen-bond acceptors (Lipinski definition) is 6. The van der Waals surface area contributed by atoms with Gasteiger partial charge in [0.15, 0.2) is 5.78 Å². The number of methoxy groups -OCH3 is 1. The van der Waals surface area contributed by atoms with Gasteiger partial charge in [0.2, 0.25) is 0 Å². The summed E-state index contributed by atoms with van der Waals surface area (Å²) in [4.78, 5) is 26.2. The summed E-state index contributed by atoms with van der Waals surface area (Å²) in [5, 5.41) is 7.00. The molecule has 162 valence electrons. The zero-order valence-corrected chi connectivity index (χ0v) is 18.3. The predicted octanol–water partition coefficient (Wildman–Crippen LogP) is 4.70. The summed E-state index contributed by atoms with van der Waals surface area (Å²) >= 11 is 0. The number of carbonyl (C=O) groups is 2. The molecule has 2 aromatic rings. The number of allylic oxidation sites excluding steroid dienone is 1. The Bertz CT molecular complexity index is 1040. The van der Waals surface area contributed by atoms with E-state index in [-0.39, 0.29) is 17.8 Å². The average Bonchev–Trinajstić information content (AvgIpc) is 2.90. The van der Waals surface area contributed by atoms with Crippen LogP contribution in [-0.2, 0) is 14.3 Å². The fraction of sp³-hybridized carbons (Fsp3) is 0.360. The third-order valence-electron chi connectivity index (χ3n) is 5.82. The van der Waals surface area contributed by atoms with Gasteiger partial charge in [0.25, 0.3) is 0 Å². The molecule has 0 bridgehead atoms. The SMILES string of the molecule is COC(=O)[C@H]1C(=O)C2=C(C[C@@H]1C)Nc1ccccc1N[C@@H]2c1ccccc1OC(C)C. The topological polar surface area (TPSA) is 76.7 Å². The second kappa shape index (κ2) is 8.46. The third kappa shape index (κ3) is 3.90. The number of Topliss-reactive ketones (excluding diaryl/α,β-unsaturated/α-hetero) is 1. The van der Waals surface area contributed by atoms with Crippen molar-refractivity contribution in [3.8, 4) is 5.75 Å². The van der Waals surface area contributed by atoms with Gasteiger partial charge in [-0.3, -0.25) is 9.59 Å². The van der Waals surface area contributed by atoms with Crippen LogP contribution in [-0.4, -0.2) is 25.0 Å². The van der Waals surface area contributed by atoms with Crippen molar-refractivity contribution in [1.82, 2.24) is 0 Å². The molecule has 0 saturated heterocycles. The summed E-state index contributed by atoms with van der Waals surface area (Å²) in [6.07, 6.45) is 0.552. The first kappa shape index (κ1) is 21.0. The number of esters is 1. The summed E-state index contributed by atoms with van der Waals surface area (Å²) in [5.41, 5.74) is 4.03. The average molecular weight is 421 g/mol. The van der Waals surface area contributed by atoms with Crippen LogP contribution < -0.4 is 15.4 Å². The molecule has 6 nitrogen and oxygen atoms in total. The van der Waals surface area contributed by atoms with Crippen LogP contribution in [0.2, 0.25) is 0 Å². The van der Waals surface area contributed by atoms with Crippen LogP contribution >= 0.6 is 0 Å².